The van der Waals surface area contributed by atoms with Crippen LogP contribution in [0.3, 0.4) is 0 Å². The zero-order chi connectivity index (χ0) is 6.85. The van der Waals surface area contributed by atoms with E-state index in [4.69, 9.17) is 5.11 Å². The number of nitrogens with zero attached hydrogens (tertiary/aromatic N) is 1. The minimum Gasteiger partial charge on any atom is -0.392 e. The predicted molar refractivity (Wildman–Crippen MR) is 33.0 cm³/mol. The van der Waals surface area contributed by atoms with E-state index in [0.29, 0.717) is 19.6 Å². The molecule has 0 aliphatic carbocycles. The molecule has 1 saturated heterocycles. The molecule has 0 aromatic rings. The molecule has 54 valence electrons. The average Bonchev–Trinajstić information content (AvgIpc) is 1.60. The van der Waals surface area contributed by atoms with Crippen molar-refractivity contribution in [3.8, 4) is 0 Å². The number of halogens is 1. The first-order chi connectivity index (χ1) is 4.18. The molecule has 0 radical (unpaired) electrons. The van der Waals surface area contributed by atoms with Crippen LogP contribution in [0.2, 0.25) is 0 Å². The van der Waals surface area contributed by atoms with E-state index in [9.17, 15) is 4.39 Å². The molecule has 1 unspecified atom stereocenters. The zero-order valence-corrected chi connectivity index (χ0v) is 5.55. The summed E-state index contributed by atoms with van der Waals surface area (Å²) in [6.45, 7) is 3.34. The number of aliphatic hydroxyl groups is 1. The molecule has 3 heteroatoms. The van der Waals surface area contributed by atoms with Gasteiger partial charge in [-0.15, -0.1) is 0 Å². The minimum absolute atomic E-state index is 0.322. The van der Waals surface area contributed by atoms with E-state index in [1.165, 1.54) is 0 Å². The third-order valence-electron chi connectivity index (χ3n) is 1.44. The topological polar surface area (TPSA) is 23.5 Å². The van der Waals surface area contributed by atoms with Crippen LogP contribution in [0.4, 0.5) is 4.39 Å². The summed E-state index contributed by atoms with van der Waals surface area (Å²) in [6.07, 6.45) is -0.971. The SMILES string of the molecule is CC(O)CN1CC(F)C1. The summed E-state index contributed by atoms with van der Waals surface area (Å²) >= 11 is 0. The van der Waals surface area contributed by atoms with E-state index >= 15 is 0 Å². The molecule has 1 aliphatic heterocycles. The largest absolute Gasteiger partial charge is 0.392 e. The van der Waals surface area contributed by atoms with Gasteiger partial charge in [-0.25, -0.2) is 4.39 Å². The van der Waals surface area contributed by atoms with E-state index in [-0.39, 0.29) is 6.10 Å². The second-order valence-corrected chi connectivity index (χ2v) is 2.66. The fraction of sp³-hybridized carbons (Fsp3) is 1.00. The molecule has 0 amide bonds. The molecule has 1 N–H and O–H groups in total. The Morgan fingerprint density at radius 3 is 2.67 bits per heavy atom. The first-order valence-electron chi connectivity index (χ1n) is 3.23. The molecule has 1 rings (SSSR count). The molecule has 1 aliphatic rings. The molecule has 1 heterocycles. The summed E-state index contributed by atoms with van der Waals surface area (Å²) in [5, 5.41) is 8.81. The van der Waals surface area contributed by atoms with Gasteiger partial charge in [-0.2, -0.15) is 0 Å². The maximum atomic E-state index is 12.1. The normalized spacial score (nSPS) is 25.7. The van der Waals surface area contributed by atoms with Crippen LogP contribution in [0, 0.1) is 0 Å². The summed E-state index contributed by atoms with van der Waals surface area (Å²) in [5.41, 5.74) is 0. The van der Waals surface area contributed by atoms with Crippen LogP contribution in [0.15, 0.2) is 0 Å². The van der Waals surface area contributed by atoms with E-state index in [1.807, 2.05) is 4.90 Å². The smallest absolute Gasteiger partial charge is 0.125 e. The van der Waals surface area contributed by atoms with Gasteiger partial charge in [0.1, 0.15) is 6.17 Å². The highest BCUT2D eigenvalue weighted by atomic mass is 19.1. The Balaban J connectivity index is 2.04. The van der Waals surface area contributed by atoms with Crippen molar-refractivity contribution in [3.63, 3.8) is 0 Å². The molecule has 1 atom stereocenters. The van der Waals surface area contributed by atoms with Gasteiger partial charge in [-0.05, 0) is 6.92 Å². The van der Waals surface area contributed by atoms with Crippen LogP contribution in [-0.2, 0) is 0 Å². The van der Waals surface area contributed by atoms with Crippen LogP contribution in [0.5, 0.6) is 0 Å². The number of rotatable bonds is 2. The third-order valence-corrected chi connectivity index (χ3v) is 1.44. The van der Waals surface area contributed by atoms with Crippen molar-refractivity contribution in [2.45, 2.75) is 19.2 Å². The minimum atomic E-state index is -0.649. The Labute approximate surface area is 54.3 Å². The van der Waals surface area contributed by atoms with Gasteiger partial charge in [-0.3, -0.25) is 4.90 Å². The number of likely N-dealkylation sites (tertiary alicyclic amines) is 1. The molecular weight excluding hydrogens is 121 g/mol. The van der Waals surface area contributed by atoms with Crippen molar-refractivity contribution in [2.75, 3.05) is 19.6 Å². The number of β-amino-alcohol motifs (C(OH)–C–C–N with tert-alkyl or cyclic N) is 1. The molecule has 0 bridgehead atoms. The van der Waals surface area contributed by atoms with Gasteiger partial charge < -0.3 is 5.11 Å². The summed E-state index contributed by atoms with van der Waals surface area (Å²) in [6, 6.07) is 0. The number of hydrogen-bond acceptors (Lipinski definition) is 2. The molecule has 9 heavy (non-hydrogen) atoms. The highest BCUT2D eigenvalue weighted by Gasteiger charge is 2.26. The highest BCUT2D eigenvalue weighted by Crippen LogP contribution is 2.10. The van der Waals surface area contributed by atoms with Crippen molar-refractivity contribution >= 4 is 0 Å². The Morgan fingerprint density at radius 2 is 2.33 bits per heavy atom. The number of alkyl halides is 1. The van der Waals surface area contributed by atoms with E-state index in [0.717, 1.165) is 0 Å². The van der Waals surface area contributed by atoms with E-state index < -0.39 is 6.17 Å². The molecule has 0 spiro atoms. The monoisotopic (exact) mass is 133 g/mol. The second kappa shape index (κ2) is 2.62. The van der Waals surface area contributed by atoms with Crippen LogP contribution in [0.25, 0.3) is 0 Å². The van der Waals surface area contributed by atoms with Gasteiger partial charge in [0.25, 0.3) is 0 Å². The zero-order valence-electron chi connectivity index (χ0n) is 5.55. The molecule has 0 aromatic heterocycles. The first-order valence-corrected chi connectivity index (χ1v) is 3.23. The lowest BCUT2D eigenvalue weighted by molar-refractivity contribution is 0.0279. The fourth-order valence-corrected chi connectivity index (χ4v) is 1.03. The fourth-order valence-electron chi connectivity index (χ4n) is 1.03. The van der Waals surface area contributed by atoms with Crippen molar-refractivity contribution in [2.24, 2.45) is 0 Å². The summed E-state index contributed by atoms with van der Waals surface area (Å²) < 4.78 is 12.1. The lowest BCUT2D eigenvalue weighted by atomic mass is 10.2. The standard InChI is InChI=1S/C6H12FNO/c1-5(9)2-8-3-6(7)4-8/h5-6,9H,2-4H2,1H3. The third kappa shape index (κ3) is 1.91. The summed E-state index contributed by atoms with van der Waals surface area (Å²) in [5.74, 6) is 0. The van der Waals surface area contributed by atoms with Crippen molar-refractivity contribution < 1.29 is 9.50 Å². The molecular formula is C6H12FNO. The van der Waals surface area contributed by atoms with Gasteiger partial charge in [0.15, 0.2) is 0 Å². The van der Waals surface area contributed by atoms with Gasteiger partial charge in [0.05, 0.1) is 6.10 Å². The van der Waals surface area contributed by atoms with E-state index in [1.54, 1.807) is 6.92 Å². The van der Waals surface area contributed by atoms with Crippen LogP contribution < -0.4 is 0 Å². The Hall–Kier alpha value is -0.150. The van der Waals surface area contributed by atoms with Gasteiger partial charge >= 0.3 is 0 Å². The Bertz CT molecular complexity index is 91.1. The summed E-state index contributed by atoms with van der Waals surface area (Å²) in [4.78, 5) is 1.90. The maximum absolute atomic E-state index is 12.1. The van der Waals surface area contributed by atoms with Crippen LogP contribution in [0.1, 0.15) is 6.92 Å². The Morgan fingerprint density at radius 1 is 1.78 bits per heavy atom. The van der Waals surface area contributed by atoms with Gasteiger partial charge in [0.2, 0.25) is 0 Å². The quantitative estimate of drug-likeness (QED) is 0.574. The van der Waals surface area contributed by atoms with Crippen LogP contribution >= 0.6 is 0 Å². The number of hydrogen-bond donors (Lipinski definition) is 1. The van der Waals surface area contributed by atoms with Crippen molar-refractivity contribution in [1.82, 2.24) is 4.90 Å². The lowest BCUT2D eigenvalue weighted by Gasteiger charge is -2.34. The lowest BCUT2D eigenvalue weighted by Crippen LogP contribution is -2.50. The molecule has 0 saturated carbocycles. The molecule has 2 nitrogen and oxygen atoms in total. The summed E-state index contributed by atoms with van der Waals surface area (Å²) in [7, 11) is 0. The van der Waals surface area contributed by atoms with E-state index in [2.05, 4.69) is 0 Å². The van der Waals surface area contributed by atoms with Crippen molar-refractivity contribution in [3.05, 3.63) is 0 Å². The Kier molecular flexibility index (Phi) is 2.03. The van der Waals surface area contributed by atoms with Gasteiger partial charge in [-0.1, -0.05) is 0 Å². The highest BCUT2D eigenvalue weighted by molar-refractivity contribution is 4.79. The molecule has 0 aromatic carbocycles. The number of aliphatic hydroxyl groups excluding tert-OH is 1. The second-order valence-electron chi connectivity index (χ2n) is 2.66. The first kappa shape index (κ1) is 6.96. The molecule has 1 fully saturated rings. The van der Waals surface area contributed by atoms with Crippen LogP contribution in [-0.4, -0.2) is 41.9 Å². The average molecular weight is 133 g/mol. The predicted octanol–water partition coefficient (Wildman–Crippen LogP) is 0.0209. The maximum Gasteiger partial charge on any atom is 0.125 e. The van der Waals surface area contributed by atoms with Crippen molar-refractivity contribution in [1.29, 1.82) is 0 Å². The van der Waals surface area contributed by atoms with Gasteiger partial charge in [0, 0.05) is 19.6 Å².